The number of rotatable bonds is 4. The van der Waals surface area contributed by atoms with Gasteiger partial charge in [-0.3, -0.25) is 9.59 Å². The average molecular weight is 277 g/mol. The molecule has 6 nitrogen and oxygen atoms in total. The lowest BCUT2D eigenvalue weighted by Gasteiger charge is -2.29. The number of nitrogens with one attached hydrogen (secondary N) is 2. The van der Waals surface area contributed by atoms with Gasteiger partial charge in [0, 0.05) is 31.9 Å². The Labute approximate surface area is 118 Å². The van der Waals surface area contributed by atoms with Gasteiger partial charge in [-0.25, -0.2) is 0 Å². The topological polar surface area (TPSA) is 70.7 Å². The van der Waals surface area contributed by atoms with E-state index in [9.17, 15) is 9.59 Å². The second-order valence-corrected chi connectivity index (χ2v) is 4.75. The first-order valence-corrected chi connectivity index (χ1v) is 6.52. The van der Waals surface area contributed by atoms with E-state index >= 15 is 0 Å². The van der Waals surface area contributed by atoms with Crippen LogP contribution in [0.3, 0.4) is 0 Å². The van der Waals surface area contributed by atoms with Crippen LogP contribution in [0.15, 0.2) is 24.3 Å². The maximum absolute atomic E-state index is 12.0. The molecule has 1 atom stereocenters. The van der Waals surface area contributed by atoms with Crippen molar-refractivity contribution in [3.63, 3.8) is 0 Å². The number of carbonyl (C=O) groups excluding carboxylic acids is 2. The molecule has 0 spiro atoms. The van der Waals surface area contributed by atoms with Crippen LogP contribution < -0.4 is 15.4 Å². The van der Waals surface area contributed by atoms with Gasteiger partial charge >= 0.3 is 0 Å². The fourth-order valence-electron chi connectivity index (χ4n) is 2.13. The molecule has 0 saturated carbocycles. The highest BCUT2D eigenvalue weighted by Gasteiger charge is 2.27. The van der Waals surface area contributed by atoms with Gasteiger partial charge in [-0.15, -0.1) is 0 Å². The molecule has 0 radical (unpaired) electrons. The minimum atomic E-state index is -0.445. The number of anilines is 1. The zero-order chi connectivity index (χ0) is 14.5. The number of hydrogen-bond acceptors (Lipinski definition) is 4. The van der Waals surface area contributed by atoms with Crippen LogP contribution in [-0.4, -0.2) is 50.0 Å². The average Bonchev–Trinajstić information content (AvgIpc) is 2.44. The van der Waals surface area contributed by atoms with Crippen molar-refractivity contribution in [3.05, 3.63) is 24.3 Å². The lowest BCUT2D eigenvalue weighted by atomic mass is 10.1. The summed E-state index contributed by atoms with van der Waals surface area (Å²) in [5.41, 5.74) is 0.658. The van der Waals surface area contributed by atoms with Crippen LogP contribution in [0.25, 0.3) is 0 Å². The van der Waals surface area contributed by atoms with Gasteiger partial charge in [-0.2, -0.15) is 0 Å². The van der Waals surface area contributed by atoms with Gasteiger partial charge in [-0.1, -0.05) is 6.07 Å². The van der Waals surface area contributed by atoms with Crippen molar-refractivity contribution < 1.29 is 14.3 Å². The molecule has 2 N–H and O–H groups in total. The molecule has 1 fully saturated rings. The highest BCUT2D eigenvalue weighted by Crippen LogP contribution is 2.17. The first kappa shape index (κ1) is 14.3. The van der Waals surface area contributed by atoms with Gasteiger partial charge in [-0.05, 0) is 12.1 Å². The molecule has 0 bridgehead atoms. The molecular weight excluding hydrogens is 258 g/mol. The summed E-state index contributed by atoms with van der Waals surface area (Å²) in [6, 6.07) is 6.67. The number of piperazine rings is 1. The predicted octanol–water partition coefficient (Wildman–Crippen LogP) is 0.454. The van der Waals surface area contributed by atoms with E-state index in [0.717, 1.165) is 0 Å². The summed E-state index contributed by atoms with van der Waals surface area (Å²) in [6.45, 7) is 1.38. The molecule has 1 aromatic carbocycles. The normalized spacial score (nSPS) is 18.8. The summed E-state index contributed by atoms with van der Waals surface area (Å²) in [5, 5.41) is 5.83. The van der Waals surface area contributed by atoms with E-state index < -0.39 is 6.04 Å². The Morgan fingerprint density at radius 2 is 2.35 bits per heavy atom. The molecule has 1 aromatic rings. The van der Waals surface area contributed by atoms with E-state index in [1.54, 1.807) is 43.3 Å². The van der Waals surface area contributed by atoms with Crippen LogP contribution in [0.4, 0.5) is 5.69 Å². The van der Waals surface area contributed by atoms with Gasteiger partial charge < -0.3 is 20.3 Å². The fourth-order valence-corrected chi connectivity index (χ4v) is 2.13. The van der Waals surface area contributed by atoms with E-state index in [-0.39, 0.29) is 18.2 Å². The Morgan fingerprint density at radius 1 is 1.55 bits per heavy atom. The third-order valence-corrected chi connectivity index (χ3v) is 3.26. The van der Waals surface area contributed by atoms with Gasteiger partial charge in [0.2, 0.25) is 11.8 Å². The summed E-state index contributed by atoms with van der Waals surface area (Å²) >= 11 is 0. The van der Waals surface area contributed by atoms with Crippen molar-refractivity contribution in [2.45, 2.75) is 12.5 Å². The Balaban J connectivity index is 1.93. The van der Waals surface area contributed by atoms with E-state index in [0.29, 0.717) is 24.5 Å². The van der Waals surface area contributed by atoms with E-state index in [1.807, 2.05) is 0 Å². The second kappa shape index (κ2) is 6.38. The van der Waals surface area contributed by atoms with Crippen molar-refractivity contribution in [3.8, 4) is 5.75 Å². The number of amides is 2. The molecule has 1 aliphatic heterocycles. The van der Waals surface area contributed by atoms with E-state index in [2.05, 4.69) is 10.6 Å². The van der Waals surface area contributed by atoms with Gasteiger partial charge in [0.1, 0.15) is 5.75 Å². The maximum atomic E-state index is 12.0. The van der Waals surface area contributed by atoms with Crippen molar-refractivity contribution in [1.29, 1.82) is 0 Å². The molecule has 1 heterocycles. The number of carbonyl (C=O) groups is 2. The summed E-state index contributed by atoms with van der Waals surface area (Å²) in [7, 11) is 3.32. The molecule has 6 heteroatoms. The SMILES string of the molecule is COc1cccc(NC(=O)CC2NCCN(C)C2=O)c1. The summed E-state index contributed by atoms with van der Waals surface area (Å²) in [5.74, 6) is 0.436. The quantitative estimate of drug-likeness (QED) is 0.838. The molecule has 108 valence electrons. The monoisotopic (exact) mass is 277 g/mol. The molecule has 2 amide bonds. The maximum Gasteiger partial charge on any atom is 0.240 e. The van der Waals surface area contributed by atoms with Gasteiger partial charge in [0.25, 0.3) is 0 Å². The zero-order valence-corrected chi connectivity index (χ0v) is 11.7. The Morgan fingerprint density at radius 3 is 3.10 bits per heavy atom. The summed E-state index contributed by atoms with van der Waals surface area (Å²) in [6.07, 6.45) is 0.125. The lowest BCUT2D eigenvalue weighted by molar-refractivity contribution is -0.136. The van der Waals surface area contributed by atoms with Crippen LogP contribution >= 0.6 is 0 Å². The molecule has 2 rings (SSSR count). The zero-order valence-electron chi connectivity index (χ0n) is 11.7. The number of benzene rings is 1. The first-order valence-electron chi connectivity index (χ1n) is 6.52. The number of ether oxygens (including phenoxy) is 1. The highest BCUT2D eigenvalue weighted by molar-refractivity contribution is 5.95. The molecule has 1 unspecified atom stereocenters. The van der Waals surface area contributed by atoms with E-state index in [4.69, 9.17) is 4.74 Å². The largest absolute Gasteiger partial charge is 0.497 e. The van der Waals surface area contributed by atoms with Crippen LogP contribution in [0.2, 0.25) is 0 Å². The molecular formula is C14H19N3O3. The third kappa shape index (κ3) is 3.48. The molecule has 0 aromatic heterocycles. The fraction of sp³-hybridized carbons (Fsp3) is 0.429. The van der Waals surface area contributed by atoms with Crippen LogP contribution in [-0.2, 0) is 9.59 Å². The Bertz CT molecular complexity index is 504. The number of methoxy groups -OCH3 is 1. The second-order valence-electron chi connectivity index (χ2n) is 4.75. The number of hydrogen-bond donors (Lipinski definition) is 2. The van der Waals surface area contributed by atoms with Crippen molar-refractivity contribution in [2.75, 3.05) is 32.6 Å². The van der Waals surface area contributed by atoms with Crippen LogP contribution in [0.1, 0.15) is 6.42 Å². The highest BCUT2D eigenvalue weighted by atomic mass is 16.5. The standard InChI is InChI=1S/C14H19N3O3/c1-17-7-6-15-12(14(17)19)9-13(18)16-10-4-3-5-11(8-10)20-2/h3-5,8,12,15H,6-7,9H2,1-2H3,(H,16,18). The minimum Gasteiger partial charge on any atom is -0.497 e. The first-order chi connectivity index (χ1) is 9.60. The molecule has 20 heavy (non-hydrogen) atoms. The molecule has 1 aliphatic rings. The Kier molecular flexibility index (Phi) is 4.57. The van der Waals surface area contributed by atoms with Gasteiger partial charge in [0.05, 0.1) is 19.6 Å². The summed E-state index contributed by atoms with van der Waals surface area (Å²) in [4.78, 5) is 25.5. The molecule has 0 aliphatic carbocycles. The third-order valence-electron chi connectivity index (χ3n) is 3.26. The summed E-state index contributed by atoms with van der Waals surface area (Å²) < 4.78 is 5.09. The smallest absolute Gasteiger partial charge is 0.240 e. The Hall–Kier alpha value is -2.08. The lowest BCUT2D eigenvalue weighted by Crippen LogP contribution is -2.54. The van der Waals surface area contributed by atoms with Crippen molar-refractivity contribution >= 4 is 17.5 Å². The van der Waals surface area contributed by atoms with Crippen LogP contribution in [0.5, 0.6) is 5.75 Å². The van der Waals surface area contributed by atoms with Gasteiger partial charge in [0.15, 0.2) is 0 Å². The van der Waals surface area contributed by atoms with E-state index in [1.165, 1.54) is 0 Å². The van der Waals surface area contributed by atoms with Crippen LogP contribution in [0, 0.1) is 0 Å². The minimum absolute atomic E-state index is 0.0444. The number of likely N-dealkylation sites (N-methyl/N-ethyl adjacent to an activating group) is 1. The van der Waals surface area contributed by atoms with Crippen molar-refractivity contribution in [2.24, 2.45) is 0 Å². The number of nitrogens with zero attached hydrogens (tertiary/aromatic N) is 1. The van der Waals surface area contributed by atoms with Crippen molar-refractivity contribution in [1.82, 2.24) is 10.2 Å². The molecule has 1 saturated heterocycles. The predicted molar refractivity (Wildman–Crippen MR) is 75.7 cm³/mol.